The van der Waals surface area contributed by atoms with Crippen molar-refractivity contribution in [2.45, 2.75) is 6.92 Å². The Kier molecular flexibility index (Phi) is 2.62. The Hall–Kier alpha value is -1.91. The number of nitrogens with one attached hydrogen (secondary N) is 1. The lowest BCUT2D eigenvalue weighted by Crippen LogP contribution is -2.00. The summed E-state index contributed by atoms with van der Waals surface area (Å²) in [5.74, 6) is 0.827. The first-order valence-electron chi connectivity index (χ1n) is 4.85. The van der Waals surface area contributed by atoms with Crippen LogP contribution in [0, 0.1) is 0 Å². The highest BCUT2D eigenvalue weighted by Crippen LogP contribution is 2.15. The van der Waals surface area contributed by atoms with Gasteiger partial charge in [-0.15, -0.1) is 0 Å². The molecule has 0 fully saturated rings. The van der Waals surface area contributed by atoms with Crippen LogP contribution in [0.3, 0.4) is 0 Å². The zero-order chi connectivity index (χ0) is 10.7. The van der Waals surface area contributed by atoms with Crippen LogP contribution in [-0.2, 0) is 7.05 Å². The SMILES string of the molecule is CCNc1cc(-c2ccn(C)n2)ncn1. The minimum absolute atomic E-state index is 0.827. The third kappa shape index (κ3) is 2.12. The molecule has 0 aliphatic rings. The molecule has 1 N–H and O–H groups in total. The van der Waals surface area contributed by atoms with Crippen LogP contribution in [0.2, 0.25) is 0 Å². The molecule has 5 nitrogen and oxygen atoms in total. The third-order valence-corrected chi connectivity index (χ3v) is 2.00. The molecule has 0 saturated carbocycles. The third-order valence-electron chi connectivity index (χ3n) is 2.00. The molecule has 0 spiro atoms. The Morgan fingerprint density at radius 3 is 2.87 bits per heavy atom. The van der Waals surface area contributed by atoms with Gasteiger partial charge in [0.1, 0.15) is 17.8 Å². The Morgan fingerprint density at radius 1 is 1.33 bits per heavy atom. The number of aromatic nitrogens is 4. The maximum atomic E-state index is 4.28. The van der Waals surface area contributed by atoms with E-state index in [0.717, 1.165) is 23.8 Å². The highest BCUT2D eigenvalue weighted by atomic mass is 15.2. The van der Waals surface area contributed by atoms with Gasteiger partial charge in [-0.2, -0.15) is 5.10 Å². The predicted octanol–water partition coefficient (Wildman–Crippen LogP) is 1.31. The summed E-state index contributed by atoms with van der Waals surface area (Å²) in [5.41, 5.74) is 1.70. The van der Waals surface area contributed by atoms with E-state index in [1.165, 1.54) is 0 Å². The van der Waals surface area contributed by atoms with Crippen molar-refractivity contribution in [1.29, 1.82) is 0 Å². The molecule has 2 rings (SSSR count). The fourth-order valence-electron chi connectivity index (χ4n) is 1.33. The predicted molar refractivity (Wildman–Crippen MR) is 58.4 cm³/mol. The van der Waals surface area contributed by atoms with Crippen molar-refractivity contribution in [1.82, 2.24) is 19.7 Å². The van der Waals surface area contributed by atoms with Gasteiger partial charge in [0.2, 0.25) is 0 Å². The van der Waals surface area contributed by atoms with Gasteiger partial charge < -0.3 is 5.32 Å². The number of hydrogen-bond donors (Lipinski definition) is 1. The molecule has 0 atom stereocenters. The van der Waals surface area contributed by atoms with Gasteiger partial charge in [-0.25, -0.2) is 9.97 Å². The summed E-state index contributed by atoms with van der Waals surface area (Å²) in [5, 5.41) is 7.42. The molecular formula is C10H13N5. The number of hydrogen-bond acceptors (Lipinski definition) is 4. The highest BCUT2D eigenvalue weighted by Gasteiger charge is 2.03. The summed E-state index contributed by atoms with van der Waals surface area (Å²) >= 11 is 0. The zero-order valence-electron chi connectivity index (χ0n) is 8.81. The first kappa shape index (κ1) is 9.64. The van der Waals surface area contributed by atoms with Crippen LogP contribution < -0.4 is 5.32 Å². The van der Waals surface area contributed by atoms with E-state index in [1.54, 1.807) is 11.0 Å². The molecule has 5 heteroatoms. The summed E-state index contributed by atoms with van der Waals surface area (Å²) in [6, 6.07) is 3.82. The number of rotatable bonds is 3. The molecule has 0 bridgehead atoms. The second-order valence-electron chi connectivity index (χ2n) is 3.19. The molecule has 2 heterocycles. The molecule has 0 aliphatic carbocycles. The van der Waals surface area contributed by atoms with E-state index in [2.05, 4.69) is 20.4 Å². The minimum atomic E-state index is 0.827. The Balaban J connectivity index is 2.32. The summed E-state index contributed by atoms with van der Waals surface area (Å²) in [6.45, 7) is 2.88. The summed E-state index contributed by atoms with van der Waals surface area (Å²) in [7, 11) is 1.88. The van der Waals surface area contributed by atoms with E-state index in [9.17, 15) is 0 Å². The van der Waals surface area contributed by atoms with E-state index in [1.807, 2.05) is 32.3 Å². The number of nitrogens with zero attached hydrogens (tertiary/aromatic N) is 4. The van der Waals surface area contributed by atoms with E-state index in [0.29, 0.717) is 0 Å². The van der Waals surface area contributed by atoms with Crippen LogP contribution in [-0.4, -0.2) is 26.3 Å². The van der Waals surface area contributed by atoms with Crippen LogP contribution in [0.25, 0.3) is 11.4 Å². The molecule has 0 amide bonds. The fraction of sp³-hybridized carbons (Fsp3) is 0.300. The average molecular weight is 203 g/mol. The van der Waals surface area contributed by atoms with Crippen LogP contribution >= 0.6 is 0 Å². The topological polar surface area (TPSA) is 55.6 Å². The van der Waals surface area contributed by atoms with Gasteiger partial charge in [-0.05, 0) is 13.0 Å². The monoisotopic (exact) mass is 203 g/mol. The molecule has 0 saturated heterocycles. The quantitative estimate of drug-likeness (QED) is 0.817. The normalized spacial score (nSPS) is 10.3. The standard InChI is InChI=1S/C10H13N5/c1-3-11-10-6-9(12-7-13-10)8-4-5-15(2)14-8/h4-7H,3H2,1-2H3,(H,11,12,13). The van der Waals surface area contributed by atoms with Crippen molar-refractivity contribution in [2.75, 3.05) is 11.9 Å². The van der Waals surface area contributed by atoms with Gasteiger partial charge >= 0.3 is 0 Å². The summed E-state index contributed by atoms with van der Waals surface area (Å²) < 4.78 is 1.75. The van der Waals surface area contributed by atoms with Crippen molar-refractivity contribution < 1.29 is 0 Å². The zero-order valence-corrected chi connectivity index (χ0v) is 8.81. The van der Waals surface area contributed by atoms with Crippen molar-refractivity contribution in [3.05, 3.63) is 24.7 Å². The maximum absolute atomic E-state index is 4.28. The first-order chi connectivity index (χ1) is 7.29. The number of anilines is 1. The molecular weight excluding hydrogens is 190 g/mol. The molecule has 0 aromatic carbocycles. The van der Waals surface area contributed by atoms with E-state index < -0.39 is 0 Å². The largest absolute Gasteiger partial charge is 0.370 e. The fourth-order valence-corrected chi connectivity index (χ4v) is 1.33. The van der Waals surface area contributed by atoms with Crippen LogP contribution in [0.5, 0.6) is 0 Å². The second kappa shape index (κ2) is 4.08. The van der Waals surface area contributed by atoms with Crippen LogP contribution in [0.15, 0.2) is 24.7 Å². The van der Waals surface area contributed by atoms with Crippen molar-refractivity contribution in [3.63, 3.8) is 0 Å². The lowest BCUT2D eigenvalue weighted by atomic mass is 10.3. The average Bonchev–Trinajstić information content (AvgIpc) is 2.66. The second-order valence-corrected chi connectivity index (χ2v) is 3.19. The van der Waals surface area contributed by atoms with Crippen molar-refractivity contribution in [3.8, 4) is 11.4 Å². The Morgan fingerprint density at radius 2 is 2.20 bits per heavy atom. The lowest BCUT2D eigenvalue weighted by Gasteiger charge is -2.02. The van der Waals surface area contributed by atoms with Gasteiger partial charge in [0.05, 0.1) is 5.69 Å². The van der Waals surface area contributed by atoms with Crippen molar-refractivity contribution in [2.24, 2.45) is 7.05 Å². The lowest BCUT2D eigenvalue weighted by molar-refractivity contribution is 0.770. The van der Waals surface area contributed by atoms with E-state index >= 15 is 0 Å². The van der Waals surface area contributed by atoms with Gasteiger partial charge in [0.15, 0.2) is 0 Å². The van der Waals surface area contributed by atoms with Crippen LogP contribution in [0.4, 0.5) is 5.82 Å². The van der Waals surface area contributed by atoms with Gasteiger partial charge in [0, 0.05) is 25.9 Å². The smallest absolute Gasteiger partial charge is 0.130 e. The molecule has 0 aliphatic heterocycles. The van der Waals surface area contributed by atoms with Crippen molar-refractivity contribution >= 4 is 5.82 Å². The molecule has 0 radical (unpaired) electrons. The Bertz CT molecular complexity index is 449. The van der Waals surface area contributed by atoms with Gasteiger partial charge in [-0.1, -0.05) is 0 Å². The minimum Gasteiger partial charge on any atom is -0.370 e. The highest BCUT2D eigenvalue weighted by molar-refractivity contribution is 5.57. The van der Waals surface area contributed by atoms with E-state index in [-0.39, 0.29) is 0 Å². The maximum Gasteiger partial charge on any atom is 0.130 e. The van der Waals surface area contributed by atoms with Gasteiger partial charge in [-0.3, -0.25) is 4.68 Å². The molecule has 2 aromatic heterocycles. The molecule has 2 aromatic rings. The van der Waals surface area contributed by atoms with E-state index in [4.69, 9.17) is 0 Å². The molecule has 15 heavy (non-hydrogen) atoms. The molecule has 78 valence electrons. The van der Waals surface area contributed by atoms with Crippen LogP contribution in [0.1, 0.15) is 6.92 Å². The van der Waals surface area contributed by atoms with Gasteiger partial charge in [0.25, 0.3) is 0 Å². The molecule has 0 unspecified atom stereocenters. The summed E-state index contributed by atoms with van der Waals surface area (Å²) in [4.78, 5) is 8.28. The number of aryl methyl sites for hydroxylation is 1. The first-order valence-corrected chi connectivity index (χ1v) is 4.85. The Labute approximate surface area is 88.2 Å². The summed E-state index contributed by atoms with van der Waals surface area (Å²) in [6.07, 6.45) is 3.44.